The Kier molecular flexibility index (Phi) is 3.83. The molecule has 0 bridgehead atoms. The number of aromatic nitrogens is 2. The fourth-order valence-electron chi connectivity index (χ4n) is 1.75. The second-order valence-corrected chi connectivity index (χ2v) is 4.19. The summed E-state index contributed by atoms with van der Waals surface area (Å²) in [5, 5.41) is 19.8. The first kappa shape index (κ1) is 14.4. The number of amides is 1. The first-order valence-corrected chi connectivity index (χ1v) is 5.89. The van der Waals surface area contributed by atoms with E-state index in [0.29, 0.717) is 6.07 Å². The molecule has 9 heteroatoms. The van der Waals surface area contributed by atoms with Crippen LogP contribution < -0.4 is 10.6 Å². The molecule has 0 unspecified atom stereocenters. The van der Waals surface area contributed by atoms with Crippen molar-refractivity contribution in [3.63, 3.8) is 0 Å². The summed E-state index contributed by atoms with van der Waals surface area (Å²) in [5.41, 5.74) is -0.872. The molecule has 2 aromatic rings. The van der Waals surface area contributed by atoms with Gasteiger partial charge in [-0.05, 0) is 6.07 Å². The maximum atomic E-state index is 13.6. The number of aryl methyl sites for hydroxylation is 1. The molecule has 2 N–H and O–H groups in total. The third-order valence-electron chi connectivity index (χ3n) is 2.75. The second-order valence-electron chi connectivity index (χ2n) is 4.19. The van der Waals surface area contributed by atoms with E-state index in [9.17, 15) is 19.3 Å². The van der Waals surface area contributed by atoms with Gasteiger partial charge in [-0.1, -0.05) is 0 Å². The number of hydrogen-bond acceptors (Lipinski definition) is 5. The third-order valence-corrected chi connectivity index (χ3v) is 2.75. The molecule has 2 rings (SSSR count). The number of halogens is 1. The van der Waals surface area contributed by atoms with Gasteiger partial charge in [-0.25, -0.2) is 4.39 Å². The maximum absolute atomic E-state index is 13.6. The highest BCUT2D eigenvalue weighted by atomic mass is 19.1. The lowest BCUT2D eigenvalue weighted by Gasteiger charge is -2.07. The van der Waals surface area contributed by atoms with E-state index in [2.05, 4.69) is 15.7 Å². The number of rotatable bonds is 4. The Labute approximate surface area is 118 Å². The van der Waals surface area contributed by atoms with Gasteiger partial charge in [-0.15, -0.1) is 0 Å². The van der Waals surface area contributed by atoms with Crippen molar-refractivity contribution >= 4 is 23.1 Å². The highest BCUT2D eigenvalue weighted by molar-refractivity contribution is 6.07. The predicted octanol–water partition coefficient (Wildman–Crippen LogP) is 1.76. The Bertz CT molecular complexity index is 713. The van der Waals surface area contributed by atoms with Crippen molar-refractivity contribution in [3.05, 3.63) is 45.9 Å². The van der Waals surface area contributed by atoms with E-state index in [1.165, 1.54) is 17.8 Å². The molecule has 0 fully saturated rings. The molecule has 110 valence electrons. The standard InChI is InChI=1S/C12H12FN5O3/c1-14-9-5-7(10(18(20)21)6-8(9)13)12(19)15-11-3-4-17(2)16-11/h3-6,14H,1-2H3,(H,15,16,19). The monoisotopic (exact) mass is 293 g/mol. The molecule has 21 heavy (non-hydrogen) atoms. The van der Waals surface area contributed by atoms with Gasteiger partial charge in [0.25, 0.3) is 11.6 Å². The van der Waals surface area contributed by atoms with Crippen LogP contribution in [0.4, 0.5) is 21.6 Å². The van der Waals surface area contributed by atoms with E-state index in [0.717, 1.165) is 6.07 Å². The minimum absolute atomic E-state index is 0.00762. The van der Waals surface area contributed by atoms with Gasteiger partial charge in [0, 0.05) is 26.4 Å². The van der Waals surface area contributed by atoms with Crippen LogP contribution in [0.15, 0.2) is 24.4 Å². The van der Waals surface area contributed by atoms with E-state index < -0.39 is 22.3 Å². The summed E-state index contributed by atoms with van der Waals surface area (Å²) >= 11 is 0. The first-order valence-electron chi connectivity index (χ1n) is 5.89. The first-order chi connectivity index (χ1) is 9.92. The number of benzene rings is 1. The van der Waals surface area contributed by atoms with Crippen molar-refractivity contribution in [3.8, 4) is 0 Å². The summed E-state index contributed by atoms with van der Waals surface area (Å²) < 4.78 is 15.0. The number of carbonyl (C=O) groups excluding carboxylic acids is 1. The lowest BCUT2D eigenvalue weighted by Crippen LogP contribution is -2.15. The summed E-state index contributed by atoms with van der Waals surface area (Å²) in [6.07, 6.45) is 1.60. The van der Waals surface area contributed by atoms with Crippen LogP contribution in [0.1, 0.15) is 10.4 Å². The van der Waals surface area contributed by atoms with Crippen molar-refractivity contribution in [2.24, 2.45) is 7.05 Å². The van der Waals surface area contributed by atoms with Gasteiger partial charge in [0.2, 0.25) is 0 Å². The van der Waals surface area contributed by atoms with Crippen LogP contribution in [0.5, 0.6) is 0 Å². The van der Waals surface area contributed by atoms with Crippen LogP contribution in [0.3, 0.4) is 0 Å². The lowest BCUT2D eigenvalue weighted by molar-refractivity contribution is -0.385. The smallest absolute Gasteiger partial charge is 0.285 e. The van der Waals surface area contributed by atoms with Crippen LogP contribution in [0.25, 0.3) is 0 Å². The molecule has 0 aliphatic rings. The number of carbonyl (C=O) groups is 1. The Hall–Kier alpha value is -2.97. The van der Waals surface area contributed by atoms with Crippen LogP contribution in [-0.2, 0) is 7.05 Å². The molecule has 0 spiro atoms. The molecule has 1 heterocycles. The Morgan fingerprint density at radius 2 is 2.19 bits per heavy atom. The minimum Gasteiger partial charge on any atom is -0.386 e. The van der Waals surface area contributed by atoms with Gasteiger partial charge < -0.3 is 10.6 Å². The van der Waals surface area contributed by atoms with Crippen LogP contribution in [-0.4, -0.2) is 27.7 Å². The number of anilines is 2. The molecule has 1 amide bonds. The summed E-state index contributed by atoms with van der Waals surface area (Å²) in [6, 6.07) is 3.33. The molecular weight excluding hydrogens is 281 g/mol. The molecule has 1 aromatic carbocycles. The molecule has 1 aromatic heterocycles. The van der Waals surface area contributed by atoms with Crippen molar-refractivity contribution in [2.45, 2.75) is 0 Å². The predicted molar refractivity (Wildman–Crippen MR) is 73.8 cm³/mol. The summed E-state index contributed by atoms with van der Waals surface area (Å²) in [7, 11) is 3.11. The fraction of sp³-hybridized carbons (Fsp3) is 0.167. The molecule has 0 aliphatic carbocycles. The second kappa shape index (κ2) is 5.57. The zero-order valence-electron chi connectivity index (χ0n) is 11.3. The molecule has 0 aliphatic heterocycles. The Morgan fingerprint density at radius 3 is 2.71 bits per heavy atom. The number of nitrogens with zero attached hydrogens (tertiary/aromatic N) is 3. The number of nitro groups is 1. The Morgan fingerprint density at radius 1 is 1.48 bits per heavy atom. The maximum Gasteiger partial charge on any atom is 0.285 e. The van der Waals surface area contributed by atoms with Gasteiger partial charge in [0.1, 0.15) is 5.56 Å². The van der Waals surface area contributed by atoms with E-state index in [1.807, 2.05) is 0 Å². The van der Waals surface area contributed by atoms with Crippen molar-refractivity contribution < 1.29 is 14.1 Å². The third kappa shape index (κ3) is 2.96. The zero-order valence-corrected chi connectivity index (χ0v) is 11.3. The van der Waals surface area contributed by atoms with Crippen LogP contribution in [0, 0.1) is 15.9 Å². The quantitative estimate of drug-likeness (QED) is 0.660. The Balaban J connectivity index is 2.40. The van der Waals surface area contributed by atoms with E-state index in [-0.39, 0.29) is 17.1 Å². The number of hydrogen-bond donors (Lipinski definition) is 2. The largest absolute Gasteiger partial charge is 0.386 e. The minimum atomic E-state index is -0.810. The molecule has 0 saturated heterocycles. The number of nitro benzene ring substituents is 1. The van der Waals surface area contributed by atoms with Gasteiger partial charge in [0.15, 0.2) is 11.6 Å². The normalized spacial score (nSPS) is 10.2. The summed E-state index contributed by atoms with van der Waals surface area (Å²) in [4.78, 5) is 22.3. The van der Waals surface area contributed by atoms with Gasteiger partial charge in [-0.3, -0.25) is 19.6 Å². The lowest BCUT2D eigenvalue weighted by atomic mass is 10.1. The van der Waals surface area contributed by atoms with Crippen LogP contribution in [0.2, 0.25) is 0 Å². The average Bonchev–Trinajstić information content (AvgIpc) is 2.83. The molecule has 8 nitrogen and oxygen atoms in total. The molecule has 0 radical (unpaired) electrons. The fourth-order valence-corrected chi connectivity index (χ4v) is 1.75. The summed E-state index contributed by atoms with van der Waals surface area (Å²) in [5.74, 6) is -1.30. The molecule has 0 atom stereocenters. The van der Waals surface area contributed by atoms with E-state index >= 15 is 0 Å². The SMILES string of the molecule is CNc1cc(C(=O)Nc2ccn(C)n2)c([N+](=O)[O-])cc1F. The highest BCUT2D eigenvalue weighted by Crippen LogP contribution is 2.26. The molecule has 0 saturated carbocycles. The average molecular weight is 293 g/mol. The number of nitrogens with one attached hydrogen (secondary N) is 2. The molecular formula is C12H12FN5O3. The van der Waals surface area contributed by atoms with Gasteiger partial charge in [-0.2, -0.15) is 5.10 Å². The van der Waals surface area contributed by atoms with Gasteiger partial charge in [0.05, 0.1) is 16.7 Å². The van der Waals surface area contributed by atoms with Crippen molar-refractivity contribution in [1.29, 1.82) is 0 Å². The summed E-state index contributed by atoms with van der Waals surface area (Å²) in [6.45, 7) is 0. The van der Waals surface area contributed by atoms with E-state index in [1.54, 1.807) is 13.2 Å². The van der Waals surface area contributed by atoms with E-state index in [4.69, 9.17) is 0 Å². The van der Waals surface area contributed by atoms with Gasteiger partial charge >= 0.3 is 0 Å². The topological polar surface area (TPSA) is 102 Å². The highest BCUT2D eigenvalue weighted by Gasteiger charge is 2.24. The van der Waals surface area contributed by atoms with Crippen molar-refractivity contribution in [2.75, 3.05) is 17.7 Å². The van der Waals surface area contributed by atoms with Crippen molar-refractivity contribution in [1.82, 2.24) is 9.78 Å². The zero-order chi connectivity index (χ0) is 15.6. The van der Waals surface area contributed by atoms with Crippen LogP contribution >= 0.6 is 0 Å².